The second kappa shape index (κ2) is 7.74. The molecule has 2 N–H and O–H groups in total. The minimum Gasteiger partial charge on any atom is -0.497 e. The van der Waals surface area contributed by atoms with E-state index in [2.05, 4.69) is 5.32 Å². The highest BCUT2D eigenvalue weighted by Crippen LogP contribution is 2.14. The molecule has 0 spiro atoms. The standard InChI is InChI=1S/C18H21FN2O2/c1-13-4-9-17(16(19)10-13)20-18(22)12-21(2)11-14-5-7-15(23-3)8-6-14/h4-10H,11-12H2,1-3H3,(H,20,22)/p+1. The minimum atomic E-state index is -0.411. The third kappa shape index (κ3) is 5.07. The third-order valence-electron chi connectivity index (χ3n) is 3.53. The van der Waals surface area contributed by atoms with Crippen LogP contribution in [0.5, 0.6) is 5.75 Å². The van der Waals surface area contributed by atoms with Crippen LogP contribution in [-0.2, 0) is 11.3 Å². The van der Waals surface area contributed by atoms with Gasteiger partial charge in [-0.25, -0.2) is 4.39 Å². The lowest BCUT2D eigenvalue weighted by molar-refractivity contribution is -0.885. The highest BCUT2D eigenvalue weighted by atomic mass is 19.1. The number of carbonyl (C=O) groups excluding carboxylic acids is 1. The fourth-order valence-corrected chi connectivity index (χ4v) is 2.34. The van der Waals surface area contributed by atoms with Gasteiger partial charge in [0.25, 0.3) is 5.91 Å². The lowest BCUT2D eigenvalue weighted by atomic mass is 10.2. The summed E-state index contributed by atoms with van der Waals surface area (Å²) >= 11 is 0. The molecule has 0 bridgehead atoms. The van der Waals surface area contributed by atoms with Crippen LogP contribution in [-0.4, -0.2) is 26.6 Å². The molecule has 5 heteroatoms. The molecule has 122 valence electrons. The average molecular weight is 317 g/mol. The molecule has 23 heavy (non-hydrogen) atoms. The number of aryl methyl sites for hydroxylation is 1. The molecule has 0 saturated heterocycles. The predicted molar refractivity (Wildman–Crippen MR) is 88.2 cm³/mol. The molecule has 0 radical (unpaired) electrons. The van der Waals surface area contributed by atoms with E-state index in [1.807, 2.05) is 38.2 Å². The number of anilines is 1. The van der Waals surface area contributed by atoms with Gasteiger partial charge in [0.2, 0.25) is 0 Å². The number of hydrogen-bond acceptors (Lipinski definition) is 2. The van der Waals surface area contributed by atoms with Crippen molar-refractivity contribution in [1.29, 1.82) is 0 Å². The lowest BCUT2D eigenvalue weighted by Gasteiger charge is -2.14. The number of ether oxygens (including phenoxy) is 1. The summed E-state index contributed by atoms with van der Waals surface area (Å²) < 4.78 is 18.9. The van der Waals surface area contributed by atoms with E-state index in [1.165, 1.54) is 6.07 Å². The normalized spacial score (nSPS) is 11.8. The van der Waals surface area contributed by atoms with Gasteiger partial charge in [0.15, 0.2) is 6.54 Å². The van der Waals surface area contributed by atoms with E-state index in [0.717, 1.165) is 21.8 Å². The van der Waals surface area contributed by atoms with Crippen LogP contribution in [0.1, 0.15) is 11.1 Å². The van der Waals surface area contributed by atoms with Crippen LogP contribution >= 0.6 is 0 Å². The Morgan fingerprint density at radius 3 is 2.52 bits per heavy atom. The molecule has 1 atom stereocenters. The largest absolute Gasteiger partial charge is 0.497 e. The zero-order valence-corrected chi connectivity index (χ0v) is 13.7. The van der Waals surface area contributed by atoms with Gasteiger partial charge in [-0.05, 0) is 48.9 Å². The second-order valence-electron chi connectivity index (χ2n) is 5.69. The van der Waals surface area contributed by atoms with E-state index in [4.69, 9.17) is 4.74 Å². The van der Waals surface area contributed by atoms with Gasteiger partial charge in [0, 0.05) is 5.56 Å². The van der Waals surface area contributed by atoms with Gasteiger partial charge in [0.05, 0.1) is 19.8 Å². The minimum absolute atomic E-state index is 0.209. The maximum absolute atomic E-state index is 13.7. The SMILES string of the molecule is COc1ccc(C[NH+](C)CC(=O)Nc2ccc(C)cc2F)cc1. The molecule has 0 aliphatic rings. The molecule has 0 saturated carbocycles. The van der Waals surface area contributed by atoms with Gasteiger partial charge in [0.1, 0.15) is 18.1 Å². The van der Waals surface area contributed by atoms with E-state index >= 15 is 0 Å². The van der Waals surface area contributed by atoms with E-state index in [0.29, 0.717) is 6.54 Å². The van der Waals surface area contributed by atoms with E-state index in [1.54, 1.807) is 19.2 Å². The summed E-state index contributed by atoms with van der Waals surface area (Å²) in [7, 11) is 3.55. The van der Waals surface area contributed by atoms with Crippen molar-refractivity contribution in [1.82, 2.24) is 0 Å². The number of hydrogen-bond donors (Lipinski definition) is 2. The molecule has 2 aromatic rings. The van der Waals surface area contributed by atoms with Crippen molar-refractivity contribution in [3.05, 3.63) is 59.4 Å². The Balaban J connectivity index is 1.88. The Morgan fingerprint density at radius 2 is 1.91 bits per heavy atom. The first-order valence-electron chi connectivity index (χ1n) is 7.48. The molecular formula is C18H22FN2O2+. The highest BCUT2D eigenvalue weighted by Gasteiger charge is 2.13. The summed E-state index contributed by atoms with van der Waals surface area (Å²) in [5, 5.41) is 2.62. The average Bonchev–Trinajstić information content (AvgIpc) is 2.50. The van der Waals surface area contributed by atoms with Gasteiger partial charge in [-0.3, -0.25) is 4.79 Å². The predicted octanol–water partition coefficient (Wildman–Crippen LogP) is 1.80. The maximum Gasteiger partial charge on any atom is 0.279 e. The number of carbonyl (C=O) groups is 1. The van der Waals surface area contributed by atoms with Crippen molar-refractivity contribution in [2.75, 3.05) is 26.0 Å². The van der Waals surface area contributed by atoms with Crippen molar-refractivity contribution >= 4 is 11.6 Å². The van der Waals surface area contributed by atoms with Gasteiger partial charge in [-0.2, -0.15) is 0 Å². The molecule has 4 nitrogen and oxygen atoms in total. The van der Waals surface area contributed by atoms with Crippen LogP contribution in [0.3, 0.4) is 0 Å². The summed E-state index contributed by atoms with van der Waals surface area (Å²) in [5.41, 5.74) is 2.15. The summed E-state index contributed by atoms with van der Waals surface area (Å²) in [6.07, 6.45) is 0. The number of rotatable bonds is 6. The number of benzene rings is 2. The number of amides is 1. The van der Waals surface area contributed by atoms with Crippen LogP contribution in [0, 0.1) is 12.7 Å². The first-order chi connectivity index (χ1) is 11.0. The monoisotopic (exact) mass is 317 g/mol. The third-order valence-corrected chi connectivity index (χ3v) is 3.53. The lowest BCUT2D eigenvalue weighted by Crippen LogP contribution is -3.08. The molecule has 0 aliphatic carbocycles. The topological polar surface area (TPSA) is 42.8 Å². The quantitative estimate of drug-likeness (QED) is 0.853. The van der Waals surface area contributed by atoms with Crippen LogP contribution in [0.4, 0.5) is 10.1 Å². The van der Waals surface area contributed by atoms with Gasteiger partial charge in [-0.1, -0.05) is 6.07 Å². The number of methoxy groups -OCH3 is 1. The summed E-state index contributed by atoms with van der Waals surface area (Å²) in [5.74, 6) is 0.184. The van der Waals surface area contributed by atoms with E-state index in [-0.39, 0.29) is 18.1 Å². The second-order valence-corrected chi connectivity index (χ2v) is 5.69. The Hall–Kier alpha value is -2.40. The van der Waals surface area contributed by atoms with Crippen molar-refractivity contribution < 1.29 is 18.8 Å². The van der Waals surface area contributed by atoms with Gasteiger partial charge >= 0.3 is 0 Å². The maximum atomic E-state index is 13.7. The van der Waals surface area contributed by atoms with Crippen molar-refractivity contribution in [2.24, 2.45) is 0 Å². The Bertz CT molecular complexity index is 671. The first kappa shape index (κ1) is 17.0. The molecule has 0 fully saturated rings. The van der Waals surface area contributed by atoms with Gasteiger partial charge < -0.3 is 15.0 Å². The number of halogens is 1. The van der Waals surface area contributed by atoms with Crippen LogP contribution in [0.2, 0.25) is 0 Å². The molecule has 0 heterocycles. The Morgan fingerprint density at radius 1 is 1.22 bits per heavy atom. The zero-order valence-electron chi connectivity index (χ0n) is 13.7. The Labute approximate surface area is 135 Å². The fourth-order valence-electron chi connectivity index (χ4n) is 2.34. The fraction of sp³-hybridized carbons (Fsp3) is 0.278. The summed E-state index contributed by atoms with van der Waals surface area (Å²) in [6.45, 7) is 2.77. The first-order valence-corrected chi connectivity index (χ1v) is 7.48. The van der Waals surface area contributed by atoms with E-state index < -0.39 is 5.82 Å². The molecule has 0 aromatic heterocycles. The van der Waals surface area contributed by atoms with E-state index in [9.17, 15) is 9.18 Å². The number of quaternary nitrogens is 1. The van der Waals surface area contributed by atoms with Crippen LogP contribution in [0.15, 0.2) is 42.5 Å². The Kier molecular flexibility index (Phi) is 5.71. The van der Waals surface area contributed by atoms with Gasteiger partial charge in [-0.15, -0.1) is 0 Å². The molecule has 2 rings (SSSR count). The molecule has 1 unspecified atom stereocenters. The van der Waals surface area contributed by atoms with Crippen molar-refractivity contribution in [3.8, 4) is 5.75 Å². The molecule has 1 amide bonds. The van der Waals surface area contributed by atoms with Crippen LogP contribution in [0.25, 0.3) is 0 Å². The van der Waals surface area contributed by atoms with Crippen LogP contribution < -0.4 is 15.0 Å². The van der Waals surface area contributed by atoms with Crippen molar-refractivity contribution in [2.45, 2.75) is 13.5 Å². The summed E-state index contributed by atoms with van der Waals surface area (Å²) in [4.78, 5) is 13.0. The molecular weight excluding hydrogens is 295 g/mol. The smallest absolute Gasteiger partial charge is 0.279 e. The van der Waals surface area contributed by atoms with Crippen molar-refractivity contribution in [3.63, 3.8) is 0 Å². The number of likely N-dealkylation sites (N-methyl/N-ethyl adjacent to an activating group) is 1. The number of nitrogens with one attached hydrogen (secondary N) is 2. The zero-order chi connectivity index (χ0) is 16.8. The molecule has 2 aromatic carbocycles. The molecule has 0 aliphatic heterocycles. The highest BCUT2D eigenvalue weighted by molar-refractivity contribution is 5.91. The summed E-state index contributed by atoms with van der Waals surface area (Å²) in [6, 6.07) is 12.5.